The van der Waals surface area contributed by atoms with E-state index in [9.17, 15) is 9.59 Å². The smallest absolute Gasteiger partial charge is 0.307 e. The van der Waals surface area contributed by atoms with Crippen LogP contribution in [-0.4, -0.2) is 23.1 Å². The number of rotatable bonds is 8. The van der Waals surface area contributed by atoms with Gasteiger partial charge in [0.15, 0.2) is 6.10 Å². The molecule has 0 aromatic rings. The second-order valence-corrected chi connectivity index (χ2v) is 3.51. The lowest BCUT2D eigenvalue weighted by Crippen LogP contribution is -2.15. The van der Waals surface area contributed by atoms with Gasteiger partial charge in [0.2, 0.25) is 0 Å². The zero-order valence-corrected chi connectivity index (χ0v) is 9.57. The van der Waals surface area contributed by atoms with Crippen LogP contribution >= 0.6 is 0 Å². The molecule has 0 bridgehead atoms. The Hall–Kier alpha value is -1.50. The normalized spacial score (nSPS) is 11.5. The lowest BCUT2D eigenvalue weighted by molar-refractivity contribution is -0.146. The van der Waals surface area contributed by atoms with Crippen molar-refractivity contribution in [2.75, 3.05) is 0 Å². The highest BCUT2D eigenvalue weighted by molar-refractivity contribution is 5.69. The van der Waals surface area contributed by atoms with E-state index in [1.165, 1.54) is 0 Å². The molecule has 1 atom stereocenters. The van der Waals surface area contributed by atoms with Gasteiger partial charge in [0.05, 0.1) is 0 Å². The number of terminal acetylenes is 1. The Morgan fingerprint density at radius 2 is 1.94 bits per heavy atom. The number of carboxylic acids is 1. The summed E-state index contributed by atoms with van der Waals surface area (Å²) in [5.74, 6) is 1.27. The maximum Gasteiger partial charge on any atom is 0.307 e. The average molecular weight is 226 g/mol. The number of carbonyl (C=O) groups is 2. The molecule has 0 spiro atoms. The molecule has 0 aromatic carbocycles. The summed E-state index contributed by atoms with van der Waals surface area (Å²) in [5.41, 5.74) is 0. The largest absolute Gasteiger partial charge is 0.481 e. The first-order valence-corrected chi connectivity index (χ1v) is 5.47. The third-order valence-corrected chi connectivity index (χ3v) is 2.10. The van der Waals surface area contributed by atoms with Crippen LogP contribution in [0.2, 0.25) is 0 Å². The third-order valence-electron chi connectivity index (χ3n) is 2.10. The quantitative estimate of drug-likeness (QED) is 0.390. The second-order valence-electron chi connectivity index (χ2n) is 3.51. The molecule has 0 rings (SSSR count). The van der Waals surface area contributed by atoms with Crippen molar-refractivity contribution < 1.29 is 19.4 Å². The van der Waals surface area contributed by atoms with Gasteiger partial charge in [0, 0.05) is 12.8 Å². The van der Waals surface area contributed by atoms with Crippen molar-refractivity contribution in [1.82, 2.24) is 0 Å². The fourth-order valence-corrected chi connectivity index (χ4v) is 1.18. The van der Waals surface area contributed by atoms with E-state index in [4.69, 9.17) is 16.3 Å². The van der Waals surface area contributed by atoms with Crippen LogP contribution in [-0.2, 0) is 14.3 Å². The van der Waals surface area contributed by atoms with Gasteiger partial charge < -0.3 is 9.84 Å². The summed E-state index contributed by atoms with van der Waals surface area (Å²) < 4.78 is 4.99. The van der Waals surface area contributed by atoms with Crippen LogP contribution in [0.3, 0.4) is 0 Å². The predicted octanol–water partition coefficient (Wildman–Crippen LogP) is 1.98. The zero-order valence-electron chi connectivity index (χ0n) is 9.57. The maximum absolute atomic E-state index is 11.2. The summed E-state index contributed by atoms with van der Waals surface area (Å²) in [4.78, 5) is 21.4. The van der Waals surface area contributed by atoms with E-state index < -0.39 is 12.1 Å². The van der Waals surface area contributed by atoms with E-state index >= 15 is 0 Å². The number of hydrogen-bond acceptors (Lipinski definition) is 3. The van der Waals surface area contributed by atoms with Gasteiger partial charge in [-0.2, -0.15) is 0 Å². The van der Waals surface area contributed by atoms with Crippen molar-refractivity contribution in [2.24, 2.45) is 0 Å². The van der Waals surface area contributed by atoms with Crippen LogP contribution in [0.5, 0.6) is 0 Å². The van der Waals surface area contributed by atoms with Crippen molar-refractivity contribution in [2.45, 2.75) is 51.6 Å². The average Bonchev–Trinajstić information content (AvgIpc) is 2.25. The molecule has 0 amide bonds. The summed E-state index contributed by atoms with van der Waals surface area (Å²) in [5, 5.41) is 8.39. The molecule has 0 fully saturated rings. The Kier molecular flexibility index (Phi) is 7.96. The highest BCUT2D eigenvalue weighted by Gasteiger charge is 2.09. The molecule has 0 saturated carbocycles. The Morgan fingerprint density at radius 1 is 1.31 bits per heavy atom. The molecule has 4 heteroatoms. The lowest BCUT2D eigenvalue weighted by atomic mass is 10.1. The topological polar surface area (TPSA) is 63.6 Å². The molecule has 16 heavy (non-hydrogen) atoms. The lowest BCUT2D eigenvalue weighted by Gasteiger charge is -2.09. The summed E-state index contributed by atoms with van der Waals surface area (Å²) in [7, 11) is 0. The molecule has 0 radical (unpaired) electrons. The summed E-state index contributed by atoms with van der Waals surface area (Å²) >= 11 is 0. The third kappa shape index (κ3) is 7.86. The molecule has 90 valence electrons. The predicted molar refractivity (Wildman–Crippen MR) is 59.7 cm³/mol. The van der Waals surface area contributed by atoms with Crippen LogP contribution < -0.4 is 0 Å². The van der Waals surface area contributed by atoms with Gasteiger partial charge in [-0.3, -0.25) is 9.59 Å². The minimum Gasteiger partial charge on any atom is -0.481 e. The van der Waals surface area contributed by atoms with Crippen molar-refractivity contribution in [3.8, 4) is 12.3 Å². The summed E-state index contributed by atoms with van der Waals surface area (Å²) in [6.07, 6.45) is 7.73. The standard InChI is InChI=1S/C12H18O4/c1-3-10(4-2)16-12(15)9-7-5-6-8-11(13)14/h1,10H,4-9H2,2H3,(H,13,14). The second kappa shape index (κ2) is 8.78. The van der Waals surface area contributed by atoms with Crippen molar-refractivity contribution >= 4 is 11.9 Å². The highest BCUT2D eigenvalue weighted by atomic mass is 16.5. The maximum atomic E-state index is 11.2. The zero-order chi connectivity index (χ0) is 12.4. The van der Waals surface area contributed by atoms with E-state index in [0.717, 1.165) is 0 Å². The molecule has 0 saturated heterocycles. The molecular weight excluding hydrogens is 208 g/mol. The van der Waals surface area contributed by atoms with Gasteiger partial charge in [-0.1, -0.05) is 19.3 Å². The number of carboxylic acid groups (broad SMARTS) is 1. The minimum atomic E-state index is -0.805. The number of ether oxygens (including phenoxy) is 1. The molecule has 0 aromatic heterocycles. The molecule has 1 N–H and O–H groups in total. The van der Waals surface area contributed by atoms with E-state index in [2.05, 4.69) is 5.92 Å². The Labute approximate surface area is 96.0 Å². The molecule has 4 nitrogen and oxygen atoms in total. The van der Waals surface area contributed by atoms with Gasteiger partial charge in [0.1, 0.15) is 0 Å². The number of hydrogen-bond donors (Lipinski definition) is 1. The number of carbonyl (C=O) groups excluding carboxylic acids is 1. The van der Waals surface area contributed by atoms with Crippen LogP contribution in [0.25, 0.3) is 0 Å². The monoisotopic (exact) mass is 226 g/mol. The molecule has 1 unspecified atom stereocenters. The van der Waals surface area contributed by atoms with Crippen LogP contribution in [0, 0.1) is 12.3 Å². The fraction of sp³-hybridized carbons (Fsp3) is 0.667. The molecule has 0 aliphatic heterocycles. The van der Waals surface area contributed by atoms with E-state index in [1.54, 1.807) is 0 Å². The molecular formula is C12H18O4. The van der Waals surface area contributed by atoms with Gasteiger partial charge in [-0.05, 0) is 19.3 Å². The number of aliphatic carboxylic acids is 1. The summed E-state index contributed by atoms with van der Waals surface area (Å²) in [6.45, 7) is 1.85. The van der Waals surface area contributed by atoms with Crippen LogP contribution in [0.4, 0.5) is 0 Å². The Balaban J connectivity index is 3.51. The number of unbranched alkanes of at least 4 members (excludes halogenated alkanes) is 2. The van der Waals surface area contributed by atoms with E-state index in [0.29, 0.717) is 32.1 Å². The molecule has 0 aliphatic carbocycles. The first-order valence-electron chi connectivity index (χ1n) is 5.47. The van der Waals surface area contributed by atoms with Crippen molar-refractivity contribution in [1.29, 1.82) is 0 Å². The van der Waals surface area contributed by atoms with E-state index in [1.807, 2.05) is 6.92 Å². The summed E-state index contributed by atoms with van der Waals surface area (Å²) in [6, 6.07) is 0. The minimum absolute atomic E-state index is 0.150. The Morgan fingerprint density at radius 3 is 2.44 bits per heavy atom. The first kappa shape index (κ1) is 14.5. The molecule has 0 aliphatic rings. The highest BCUT2D eigenvalue weighted by Crippen LogP contribution is 2.06. The van der Waals surface area contributed by atoms with Gasteiger partial charge in [-0.25, -0.2) is 0 Å². The van der Waals surface area contributed by atoms with Crippen LogP contribution in [0.1, 0.15) is 45.4 Å². The van der Waals surface area contributed by atoms with Gasteiger partial charge in [0.25, 0.3) is 0 Å². The van der Waals surface area contributed by atoms with Crippen molar-refractivity contribution in [3.63, 3.8) is 0 Å². The SMILES string of the molecule is C#CC(CC)OC(=O)CCCCCC(=O)O. The molecule has 0 heterocycles. The Bertz CT molecular complexity index is 265. The first-order chi connectivity index (χ1) is 7.60. The fourth-order valence-electron chi connectivity index (χ4n) is 1.18. The van der Waals surface area contributed by atoms with Crippen molar-refractivity contribution in [3.05, 3.63) is 0 Å². The van der Waals surface area contributed by atoms with Gasteiger partial charge >= 0.3 is 11.9 Å². The van der Waals surface area contributed by atoms with E-state index in [-0.39, 0.29) is 12.4 Å². The number of esters is 1. The van der Waals surface area contributed by atoms with Gasteiger partial charge in [-0.15, -0.1) is 6.42 Å². The van der Waals surface area contributed by atoms with Crippen LogP contribution in [0.15, 0.2) is 0 Å².